The zero-order chi connectivity index (χ0) is 17.3. The second-order valence-corrected chi connectivity index (χ2v) is 5.64. The van der Waals surface area contributed by atoms with Crippen LogP contribution in [-0.4, -0.2) is 41.0 Å². The first-order valence-electron chi connectivity index (χ1n) is 7.44. The summed E-state index contributed by atoms with van der Waals surface area (Å²) in [7, 11) is 1.53. The van der Waals surface area contributed by atoms with Crippen molar-refractivity contribution in [3.05, 3.63) is 47.4 Å². The fourth-order valence-electron chi connectivity index (χ4n) is 2.95. The van der Waals surface area contributed by atoms with Gasteiger partial charge in [0.05, 0.1) is 12.7 Å². The predicted molar refractivity (Wildman–Crippen MR) is 79.8 cm³/mol. The molecule has 8 heteroatoms. The van der Waals surface area contributed by atoms with E-state index in [-0.39, 0.29) is 11.5 Å². The number of pyridine rings is 1. The molecule has 24 heavy (non-hydrogen) atoms. The van der Waals surface area contributed by atoms with Crippen molar-refractivity contribution in [2.24, 2.45) is 0 Å². The molecule has 2 aromatic heterocycles. The van der Waals surface area contributed by atoms with Gasteiger partial charge in [0.15, 0.2) is 0 Å². The average Bonchev–Trinajstić information content (AvgIpc) is 3.23. The third-order valence-electron chi connectivity index (χ3n) is 4.14. The molecule has 1 N–H and O–H groups in total. The van der Waals surface area contributed by atoms with Gasteiger partial charge in [-0.2, -0.15) is 13.2 Å². The summed E-state index contributed by atoms with van der Waals surface area (Å²) in [5.74, 6) is 0.156. The van der Waals surface area contributed by atoms with Crippen LogP contribution in [0.5, 0.6) is 5.88 Å². The lowest BCUT2D eigenvalue weighted by atomic mass is 10.00. The standard InChI is InChI=1S/C16H16F3N3O2/c1-24-14-12(3-2-5-20-14)10-4-6-22(9-10)15(23)11-7-13(21-8-11)16(17,18)19/h2-3,5,7-8,10,21H,4,6,9H2,1H3/t10-/m0/s1. The molecular weight excluding hydrogens is 323 g/mol. The number of carbonyl (C=O) groups is 1. The number of hydrogen-bond acceptors (Lipinski definition) is 3. The smallest absolute Gasteiger partial charge is 0.431 e. The zero-order valence-corrected chi connectivity index (χ0v) is 12.9. The molecule has 5 nitrogen and oxygen atoms in total. The molecule has 3 rings (SSSR count). The van der Waals surface area contributed by atoms with Crippen LogP contribution < -0.4 is 4.74 Å². The number of hydrogen-bond donors (Lipinski definition) is 1. The molecule has 0 aromatic carbocycles. The molecular formula is C16H16F3N3O2. The van der Waals surface area contributed by atoms with Crippen LogP contribution in [0.1, 0.15) is 34.0 Å². The van der Waals surface area contributed by atoms with Gasteiger partial charge in [0.25, 0.3) is 5.91 Å². The minimum atomic E-state index is -4.49. The van der Waals surface area contributed by atoms with Crippen LogP contribution in [0.3, 0.4) is 0 Å². The third-order valence-corrected chi connectivity index (χ3v) is 4.14. The maximum absolute atomic E-state index is 12.6. The van der Waals surface area contributed by atoms with E-state index in [1.165, 1.54) is 7.11 Å². The number of amides is 1. The van der Waals surface area contributed by atoms with E-state index in [0.717, 1.165) is 17.8 Å². The van der Waals surface area contributed by atoms with Crippen LogP contribution in [0.2, 0.25) is 0 Å². The molecule has 0 unspecified atom stereocenters. The summed E-state index contributed by atoms with van der Waals surface area (Å²) in [6, 6.07) is 4.53. The summed E-state index contributed by atoms with van der Waals surface area (Å²) in [4.78, 5) is 20.2. The molecule has 0 bridgehead atoms. The number of halogens is 3. The number of aromatic amines is 1. The van der Waals surface area contributed by atoms with E-state index in [4.69, 9.17) is 4.74 Å². The maximum Gasteiger partial charge on any atom is 0.431 e. The molecule has 0 aliphatic carbocycles. The Morgan fingerprint density at radius 1 is 1.46 bits per heavy atom. The number of ether oxygens (including phenoxy) is 1. The number of aromatic nitrogens is 2. The van der Waals surface area contributed by atoms with Gasteiger partial charge in [-0.05, 0) is 18.6 Å². The van der Waals surface area contributed by atoms with E-state index >= 15 is 0 Å². The van der Waals surface area contributed by atoms with Crippen LogP contribution >= 0.6 is 0 Å². The molecule has 1 saturated heterocycles. The van der Waals surface area contributed by atoms with Gasteiger partial charge in [0, 0.05) is 37.0 Å². The zero-order valence-electron chi connectivity index (χ0n) is 12.9. The fourth-order valence-corrected chi connectivity index (χ4v) is 2.95. The SMILES string of the molecule is COc1ncccc1[C@H]1CCN(C(=O)c2c[nH]c(C(F)(F)F)c2)C1. The van der Waals surface area contributed by atoms with Gasteiger partial charge in [-0.1, -0.05) is 6.07 Å². The maximum atomic E-state index is 12.6. The van der Waals surface area contributed by atoms with Crippen molar-refractivity contribution >= 4 is 5.91 Å². The van der Waals surface area contributed by atoms with Crippen LogP contribution in [0.15, 0.2) is 30.6 Å². The highest BCUT2D eigenvalue weighted by atomic mass is 19.4. The van der Waals surface area contributed by atoms with Crippen LogP contribution in [0, 0.1) is 0 Å². The average molecular weight is 339 g/mol. The Morgan fingerprint density at radius 2 is 2.25 bits per heavy atom. The second-order valence-electron chi connectivity index (χ2n) is 5.64. The fraction of sp³-hybridized carbons (Fsp3) is 0.375. The van der Waals surface area contributed by atoms with E-state index < -0.39 is 17.8 Å². The number of likely N-dealkylation sites (tertiary alicyclic amines) is 1. The van der Waals surface area contributed by atoms with Gasteiger partial charge < -0.3 is 14.6 Å². The van der Waals surface area contributed by atoms with Gasteiger partial charge in [0.2, 0.25) is 5.88 Å². The van der Waals surface area contributed by atoms with Crippen molar-refractivity contribution in [2.75, 3.05) is 20.2 Å². The number of carbonyl (C=O) groups excluding carboxylic acids is 1. The number of alkyl halides is 3. The van der Waals surface area contributed by atoms with Gasteiger partial charge in [-0.15, -0.1) is 0 Å². The molecule has 1 amide bonds. The number of methoxy groups -OCH3 is 1. The first kappa shape index (κ1) is 16.4. The van der Waals surface area contributed by atoms with Gasteiger partial charge in [-0.25, -0.2) is 4.98 Å². The Bertz CT molecular complexity index is 742. The molecule has 3 heterocycles. The molecule has 0 radical (unpaired) electrons. The Labute approximate surface area is 136 Å². The molecule has 1 aliphatic heterocycles. The molecule has 2 aromatic rings. The summed E-state index contributed by atoms with van der Waals surface area (Å²) in [5.41, 5.74) is -0.00278. The Hall–Kier alpha value is -2.51. The second kappa shape index (κ2) is 6.18. The number of nitrogens with one attached hydrogen (secondary N) is 1. The lowest BCUT2D eigenvalue weighted by molar-refractivity contribution is -0.140. The van der Waals surface area contributed by atoms with E-state index in [1.807, 2.05) is 6.07 Å². The first-order chi connectivity index (χ1) is 11.4. The Balaban J connectivity index is 1.73. The predicted octanol–water partition coefficient (Wildman–Crippen LogP) is 3.07. The highest BCUT2D eigenvalue weighted by molar-refractivity contribution is 5.94. The van der Waals surface area contributed by atoms with E-state index in [1.54, 1.807) is 17.2 Å². The molecule has 1 fully saturated rings. The summed E-state index contributed by atoms with van der Waals surface area (Å²) >= 11 is 0. The molecule has 0 saturated carbocycles. The minimum absolute atomic E-state index is 0.0149. The van der Waals surface area contributed by atoms with Crippen molar-refractivity contribution < 1.29 is 22.7 Å². The summed E-state index contributed by atoms with van der Waals surface area (Å²) in [6.07, 6.45) is -1.05. The van der Waals surface area contributed by atoms with Crippen molar-refractivity contribution in [3.63, 3.8) is 0 Å². The molecule has 128 valence electrons. The van der Waals surface area contributed by atoms with Crippen molar-refractivity contribution in [1.29, 1.82) is 0 Å². The van der Waals surface area contributed by atoms with Gasteiger partial charge in [-0.3, -0.25) is 4.79 Å². The molecule has 0 spiro atoms. The number of H-pyrrole nitrogens is 1. The van der Waals surface area contributed by atoms with Crippen molar-refractivity contribution in [1.82, 2.24) is 14.9 Å². The quantitative estimate of drug-likeness (QED) is 0.935. The van der Waals surface area contributed by atoms with E-state index in [9.17, 15) is 18.0 Å². The van der Waals surface area contributed by atoms with E-state index in [2.05, 4.69) is 9.97 Å². The van der Waals surface area contributed by atoms with E-state index in [0.29, 0.717) is 25.4 Å². The van der Waals surface area contributed by atoms with Crippen LogP contribution in [-0.2, 0) is 6.18 Å². The summed E-state index contributed by atoms with van der Waals surface area (Å²) < 4.78 is 43.1. The lowest BCUT2D eigenvalue weighted by Gasteiger charge is -2.17. The van der Waals surface area contributed by atoms with Gasteiger partial charge in [0.1, 0.15) is 5.69 Å². The monoisotopic (exact) mass is 339 g/mol. The highest BCUT2D eigenvalue weighted by Gasteiger charge is 2.35. The highest BCUT2D eigenvalue weighted by Crippen LogP contribution is 2.33. The molecule has 1 aliphatic rings. The van der Waals surface area contributed by atoms with Crippen molar-refractivity contribution in [2.45, 2.75) is 18.5 Å². The Kier molecular flexibility index (Phi) is 4.21. The summed E-state index contributed by atoms with van der Waals surface area (Å²) in [6.45, 7) is 0.904. The van der Waals surface area contributed by atoms with Gasteiger partial charge >= 0.3 is 6.18 Å². The minimum Gasteiger partial charge on any atom is -0.481 e. The largest absolute Gasteiger partial charge is 0.481 e. The lowest BCUT2D eigenvalue weighted by Crippen LogP contribution is -2.28. The van der Waals surface area contributed by atoms with Crippen molar-refractivity contribution in [3.8, 4) is 5.88 Å². The number of rotatable bonds is 3. The third kappa shape index (κ3) is 3.08. The Morgan fingerprint density at radius 3 is 2.92 bits per heavy atom. The summed E-state index contributed by atoms with van der Waals surface area (Å²) in [5, 5.41) is 0. The topological polar surface area (TPSA) is 58.2 Å². The normalized spacial score (nSPS) is 18.0. The van der Waals surface area contributed by atoms with Crippen LogP contribution in [0.25, 0.3) is 0 Å². The number of nitrogens with zero attached hydrogens (tertiary/aromatic N) is 2. The first-order valence-corrected chi connectivity index (χ1v) is 7.44. The van der Waals surface area contributed by atoms with Crippen LogP contribution in [0.4, 0.5) is 13.2 Å². The molecule has 1 atom stereocenters.